The number of hydrogen-bond acceptors (Lipinski definition) is 5. The lowest BCUT2D eigenvalue weighted by Crippen LogP contribution is -2.11. The zero-order valence-corrected chi connectivity index (χ0v) is 15.0. The van der Waals surface area contributed by atoms with Crippen molar-refractivity contribution in [3.05, 3.63) is 59.1 Å². The molecule has 2 rings (SSSR count). The lowest BCUT2D eigenvalue weighted by atomic mass is 9.87. The van der Waals surface area contributed by atoms with Gasteiger partial charge in [0.15, 0.2) is 0 Å². The largest absolute Gasteiger partial charge is 0.497 e. The molecule has 0 heterocycles. The van der Waals surface area contributed by atoms with E-state index in [1.807, 2.05) is 24.0 Å². The Morgan fingerprint density at radius 2 is 1.31 bits per heavy atom. The minimum absolute atomic E-state index is 0.102. The van der Waals surface area contributed by atoms with Crippen LogP contribution in [-0.2, 0) is 23.9 Å². The third-order valence-corrected chi connectivity index (χ3v) is 4.56. The van der Waals surface area contributed by atoms with Crippen molar-refractivity contribution < 1.29 is 23.9 Å². The Hall–Kier alpha value is -2.87. The first-order valence-corrected chi connectivity index (χ1v) is 8.50. The van der Waals surface area contributed by atoms with Crippen LogP contribution in [0.5, 0.6) is 0 Å². The molecule has 0 aromatic heterocycles. The Morgan fingerprint density at radius 3 is 1.65 bits per heavy atom. The predicted octanol–water partition coefficient (Wildman–Crippen LogP) is 3.06. The number of ketones is 1. The molecule has 0 bridgehead atoms. The van der Waals surface area contributed by atoms with Crippen molar-refractivity contribution in [2.75, 3.05) is 14.2 Å². The normalized spacial score (nSPS) is 21.5. The van der Waals surface area contributed by atoms with Crippen molar-refractivity contribution in [2.45, 2.75) is 25.7 Å². The van der Waals surface area contributed by atoms with Crippen molar-refractivity contribution >= 4 is 17.7 Å². The van der Waals surface area contributed by atoms with Crippen LogP contribution in [0, 0.1) is 11.8 Å². The van der Waals surface area contributed by atoms with Crippen molar-refractivity contribution in [1.29, 1.82) is 0 Å². The minimum atomic E-state index is -0.123. The lowest BCUT2D eigenvalue weighted by molar-refractivity contribution is -0.119. The quantitative estimate of drug-likeness (QED) is 0.627. The summed E-state index contributed by atoms with van der Waals surface area (Å²) in [7, 11) is 3.07. The number of rotatable bonds is 8. The summed E-state index contributed by atoms with van der Waals surface area (Å²) in [6.07, 6.45) is 12.5. The summed E-state index contributed by atoms with van der Waals surface area (Å²) in [6.45, 7) is 0. The van der Waals surface area contributed by atoms with E-state index in [9.17, 15) is 14.4 Å². The van der Waals surface area contributed by atoms with E-state index in [0.29, 0.717) is 48.3 Å². The summed E-state index contributed by atoms with van der Waals surface area (Å²) in [6, 6.07) is 0. The summed E-state index contributed by atoms with van der Waals surface area (Å²) in [4.78, 5) is 34.4. The van der Waals surface area contributed by atoms with Gasteiger partial charge in [-0.25, -0.2) is 9.59 Å². The zero-order chi connectivity index (χ0) is 18.9. The number of Topliss-reactive ketones (excluding diaryl/α,β-unsaturated/α-hetero) is 1. The predicted molar refractivity (Wildman–Crippen MR) is 97.3 cm³/mol. The molecule has 26 heavy (non-hydrogen) atoms. The molecule has 0 saturated heterocycles. The number of carbonyl (C=O) groups excluding carboxylic acids is 3. The van der Waals surface area contributed by atoms with Crippen LogP contribution in [0.25, 0.3) is 0 Å². The average Bonchev–Trinajstić information content (AvgIpc) is 2.70. The molecule has 0 spiro atoms. The molecule has 5 nitrogen and oxygen atoms in total. The van der Waals surface area contributed by atoms with Gasteiger partial charge in [-0.15, -0.1) is 0 Å². The molecule has 0 aromatic rings. The second-order valence-corrected chi connectivity index (χ2v) is 6.16. The highest BCUT2D eigenvalue weighted by Gasteiger charge is 2.20. The first-order valence-electron chi connectivity index (χ1n) is 8.50. The molecule has 136 valence electrons. The Balaban J connectivity index is 1.83. The molecule has 0 fully saturated rings. The van der Waals surface area contributed by atoms with E-state index >= 15 is 0 Å². The average molecular weight is 354 g/mol. The molecule has 2 aliphatic carbocycles. The van der Waals surface area contributed by atoms with Gasteiger partial charge in [0.05, 0.1) is 14.2 Å². The molecule has 0 N–H and O–H groups in total. The molecule has 2 atom stereocenters. The monoisotopic (exact) mass is 354 g/mol. The van der Waals surface area contributed by atoms with E-state index in [1.165, 1.54) is 14.2 Å². The number of methoxy groups -OCH3 is 2. The fraction of sp³-hybridized carbons (Fsp3) is 0.381. The van der Waals surface area contributed by atoms with Crippen molar-refractivity contribution in [2.24, 2.45) is 11.8 Å². The second-order valence-electron chi connectivity index (χ2n) is 6.16. The van der Waals surface area contributed by atoms with Gasteiger partial charge in [-0.2, -0.15) is 0 Å². The third kappa shape index (κ3) is 5.06. The summed E-state index contributed by atoms with van der Waals surface area (Å²) < 4.78 is 10.2. The van der Waals surface area contributed by atoms with E-state index in [-0.39, 0.29) is 17.6 Å². The highest BCUT2D eigenvalue weighted by molar-refractivity contribution is 5.78. The summed E-state index contributed by atoms with van der Waals surface area (Å²) >= 11 is 0. The molecule has 0 amide bonds. The van der Waals surface area contributed by atoms with Gasteiger partial charge < -0.3 is 9.47 Å². The maximum atomic E-state index is 12.2. The minimum Gasteiger partial charge on any atom is -0.497 e. The van der Waals surface area contributed by atoms with Crippen LogP contribution < -0.4 is 0 Å². The first kappa shape index (κ1) is 19.5. The lowest BCUT2D eigenvalue weighted by Gasteiger charge is -2.17. The molecule has 0 saturated carbocycles. The van der Waals surface area contributed by atoms with E-state index in [4.69, 9.17) is 9.47 Å². The van der Waals surface area contributed by atoms with Crippen LogP contribution in [0.3, 0.4) is 0 Å². The van der Waals surface area contributed by atoms with Gasteiger partial charge >= 0.3 is 0 Å². The van der Waals surface area contributed by atoms with E-state index in [1.54, 1.807) is 24.3 Å². The van der Waals surface area contributed by atoms with Crippen molar-refractivity contribution in [1.82, 2.24) is 0 Å². The van der Waals surface area contributed by atoms with Gasteiger partial charge in [-0.3, -0.25) is 4.79 Å². The Bertz CT molecular complexity index is 704. The van der Waals surface area contributed by atoms with Crippen LogP contribution in [0.4, 0.5) is 0 Å². The summed E-state index contributed by atoms with van der Waals surface area (Å²) in [5.41, 5.74) is 0.992. The molecule has 2 aliphatic rings. The Labute approximate surface area is 153 Å². The molecule has 5 heteroatoms. The highest BCUT2D eigenvalue weighted by Crippen LogP contribution is 2.27. The second kappa shape index (κ2) is 9.57. The molecule has 0 radical (unpaired) electrons. The number of allylic oxidation sites excluding steroid dienone is 8. The molecule has 0 aromatic carbocycles. The smallest absolute Gasteiger partial charge is 0.132 e. The van der Waals surface area contributed by atoms with Crippen LogP contribution in [0.1, 0.15) is 25.7 Å². The Kier molecular flexibility index (Phi) is 7.16. The van der Waals surface area contributed by atoms with Gasteiger partial charge in [-0.1, -0.05) is 12.2 Å². The Morgan fingerprint density at radius 1 is 0.885 bits per heavy atom. The van der Waals surface area contributed by atoms with Crippen LogP contribution in [-0.4, -0.2) is 31.9 Å². The van der Waals surface area contributed by atoms with Gasteiger partial charge in [0.1, 0.15) is 29.2 Å². The summed E-state index contributed by atoms with van der Waals surface area (Å²) in [5.74, 6) is 4.91. The van der Waals surface area contributed by atoms with Crippen molar-refractivity contribution in [3.8, 4) is 0 Å². The van der Waals surface area contributed by atoms with Crippen LogP contribution >= 0.6 is 0 Å². The fourth-order valence-electron chi connectivity index (χ4n) is 2.97. The maximum Gasteiger partial charge on any atom is 0.132 e. The van der Waals surface area contributed by atoms with Gasteiger partial charge in [0.25, 0.3) is 0 Å². The SMILES string of the molecule is COC1=CC(=C=O)C(CCC(=O)CCC2C=CC(OC)=CC2=C=O)C=C1. The molecule has 0 aliphatic heterocycles. The van der Waals surface area contributed by atoms with Gasteiger partial charge in [-0.05, 0) is 37.1 Å². The molecule has 2 unspecified atom stereocenters. The van der Waals surface area contributed by atoms with E-state index in [2.05, 4.69) is 0 Å². The van der Waals surface area contributed by atoms with Crippen LogP contribution in [0.15, 0.2) is 59.1 Å². The zero-order valence-electron chi connectivity index (χ0n) is 15.0. The number of carbonyl (C=O) groups is 1. The van der Waals surface area contributed by atoms with E-state index < -0.39 is 0 Å². The summed E-state index contributed by atoms with van der Waals surface area (Å²) in [5, 5.41) is 0. The van der Waals surface area contributed by atoms with Gasteiger partial charge in [0.2, 0.25) is 0 Å². The molecular weight excluding hydrogens is 332 g/mol. The maximum absolute atomic E-state index is 12.2. The third-order valence-electron chi connectivity index (χ3n) is 4.56. The van der Waals surface area contributed by atoms with Crippen molar-refractivity contribution in [3.63, 3.8) is 0 Å². The number of ether oxygens (including phenoxy) is 2. The standard InChI is InChI=1S/C21H22O5/c1-25-20-9-5-15(17(11-20)13-22)3-7-19(24)8-4-16-6-10-21(26-2)12-18(16)14-23/h5-6,9-12,15-16H,3-4,7-8H2,1-2H3. The van der Waals surface area contributed by atoms with Gasteiger partial charge in [0, 0.05) is 35.8 Å². The fourth-order valence-corrected chi connectivity index (χ4v) is 2.97. The van der Waals surface area contributed by atoms with Crippen LogP contribution in [0.2, 0.25) is 0 Å². The first-order chi connectivity index (χ1) is 12.6. The topological polar surface area (TPSA) is 69.7 Å². The number of hydrogen-bond donors (Lipinski definition) is 0. The highest BCUT2D eigenvalue weighted by atomic mass is 16.5. The molecular formula is C21H22O5. The van der Waals surface area contributed by atoms with E-state index in [0.717, 1.165) is 0 Å².